The first-order valence-electron chi connectivity index (χ1n) is 6.09. The quantitative estimate of drug-likeness (QED) is 0.578. The van der Waals surface area contributed by atoms with Gasteiger partial charge >= 0.3 is 0 Å². The Labute approximate surface area is 127 Å². The van der Waals surface area contributed by atoms with Crippen molar-refractivity contribution < 1.29 is 9.85 Å². The zero-order chi connectivity index (χ0) is 15.7. The molecule has 3 aromatic rings. The van der Waals surface area contributed by atoms with Crippen LogP contribution in [0.5, 0.6) is 0 Å². The summed E-state index contributed by atoms with van der Waals surface area (Å²) < 4.78 is 0. The standard InChI is InChI=1S/C13H8N4O4S/c18-16(19)10-7-11(17(20)21)12(15-13-14-5-6-22-13)9-4-2-1-3-8(9)10/h1-7H,(H,14,15). The Bertz CT molecular complexity index is 879. The number of nitro benzene ring substituents is 2. The molecule has 22 heavy (non-hydrogen) atoms. The summed E-state index contributed by atoms with van der Waals surface area (Å²) in [4.78, 5) is 25.2. The van der Waals surface area contributed by atoms with E-state index in [1.54, 1.807) is 35.8 Å². The predicted molar refractivity (Wildman–Crippen MR) is 82.7 cm³/mol. The van der Waals surface area contributed by atoms with E-state index in [2.05, 4.69) is 10.3 Å². The Morgan fingerprint density at radius 2 is 1.73 bits per heavy atom. The molecule has 9 heteroatoms. The molecule has 0 fully saturated rings. The molecule has 0 bridgehead atoms. The lowest BCUT2D eigenvalue weighted by Gasteiger charge is -2.09. The fourth-order valence-corrected chi connectivity index (χ4v) is 2.69. The second kappa shape index (κ2) is 5.37. The van der Waals surface area contributed by atoms with Crippen molar-refractivity contribution in [2.45, 2.75) is 0 Å². The van der Waals surface area contributed by atoms with Crippen LogP contribution < -0.4 is 5.32 Å². The third-order valence-electron chi connectivity index (χ3n) is 3.06. The third kappa shape index (κ3) is 2.33. The molecule has 8 nitrogen and oxygen atoms in total. The number of anilines is 2. The number of aromatic nitrogens is 1. The number of hydrogen-bond acceptors (Lipinski definition) is 7. The molecule has 0 spiro atoms. The van der Waals surface area contributed by atoms with E-state index in [9.17, 15) is 20.2 Å². The Balaban J connectivity index is 2.33. The van der Waals surface area contributed by atoms with E-state index in [-0.39, 0.29) is 17.1 Å². The first kappa shape index (κ1) is 13.9. The second-order valence-corrected chi connectivity index (χ2v) is 5.21. The number of nitrogens with zero attached hydrogens (tertiary/aromatic N) is 3. The fourth-order valence-electron chi connectivity index (χ4n) is 2.16. The van der Waals surface area contributed by atoms with Crippen molar-refractivity contribution in [3.63, 3.8) is 0 Å². The van der Waals surface area contributed by atoms with Gasteiger partial charge < -0.3 is 5.32 Å². The van der Waals surface area contributed by atoms with Gasteiger partial charge in [-0.3, -0.25) is 20.2 Å². The van der Waals surface area contributed by atoms with Gasteiger partial charge in [-0.1, -0.05) is 18.2 Å². The largest absolute Gasteiger partial charge is 0.325 e. The SMILES string of the molecule is O=[N+]([O-])c1cc([N+](=O)[O-])c2ccccc2c1Nc1nccs1. The van der Waals surface area contributed by atoms with Crippen LogP contribution in [0.15, 0.2) is 41.9 Å². The monoisotopic (exact) mass is 316 g/mol. The van der Waals surface area contributed by atoms with Crippen LogP contribution in [0.1, 0.15) is 0 Å². The van der Waals surface area contributed by atoms with Gasteiger partial charge in [0.1, 0.15) is 5.69 Å². The highest BCUT2D eigenvalue weighted by atomic mass is 32.1. The van der Waals surface area contributed by atoms with Gasteiger partial charge in [0.2, 0.25) is 0 Å². The highest BCUT2D eigenvalue weighted by Gasteiger charge is 2.25. The van der Waals surface area contributed by atoms with Crippen molar-refractivity contribution in [2.75, 3.05) is 5.32 Å². The lowest BCUT2D eigenvalue weighted by Crippen LogP contribution is -2.00. The molecule has 2 aromatic carbocycles. The summed E-state index contributed by atoms with van der Waals surface area (Å²) >= 11 is 1.28. The number of nitrogens with one attached hydrogen (secondary N) is 1. The highest BCUT2D eigenvalue weighted by Crippen LogP contribution is 2.40. The second-order valence-electron chi connectivity index (χ2n) is 4.31. The molecule has 0 aliphatic heterocycles. The molecule has 0 aliphatic rings. The minimum absolute atomic E-state index is 0.196. The summed E-state index contributed by atoms with van der Waals surface area (Å²) in [5.41, 5.74) is -0.464. The number of non-ortho nitro benzene ring substituents is 1. The first-order chi connectivity index (χ1) is 10.6. The molecule has 3 rings (SSSR count). The molecular weight excluding hydrogens is 308 g/mol. The smallest absolute Gasteiger partial charge is 0.300 e. The van der Waals surface area contributed by atoms with Gasteiger partial charge in [0.25, 0.3) is 11.4 Å². The van der Waals surface area contributed by atoms with Crippen LogP contribution >= 0.6 is 11.3 Å². The van der Waals surface area contributed by atoms with Gasteiger partial charge in [0.05, 0.1) is 21.3 Å². The minimum Gasteiger partial charge on any atom is -0.325 e. The van der Waals surface area contributed by atoms with E-state index >= 15 is 0 Å². The summed E-state index contributed by atoms with van der Waals surface area (Å²) in [5, 5.41) is 28.3. The fraction of sp³-hybridized carbons (Fsp3) is 0. The molecule has 1 N–H and O–H groups in total. The first-order valence-corrected chi connectivity index (χ1v) is 6.97. The Kier molecular flexibility index (Phi) is 3.39. The maximum atomic E-state index is 11.3. The molecule has 1 heterocycles. The highest BCUT2D eigenvalue weighted by molar-refractivity contribution is 7.13. The average Bonchev–Trinajstić information content (AvgIpc) is 3.00. The summed E-state index contributed by atoms with van der Waals surface area (Å²) in [6.07, 6.45) is 1.56. The van der Waals surface area contributed by atoms with Crippen LogP contribution in [0.2, 0.25) is 0 Å². The maximum absolute atomic E-state index is 11.3. The summed E-state index contributed by atoms with van der Waals surface area (Å²) in [6, 6.07) is 7.45. The van der Waals surface area contributed by atoms with Crippen molar-refractivity contribution in [1.82, 2.24) is 4.98 Å². The zero-order valence-corrected chi connectivity index (χ0v) is 11.7. The molecule has 0 radical (unpaired) electrons. The van der Waals surface area contributed by atoms with Crippen LogP contribution in [0, 0.1) is 20.2 Å². The van der Waals surface area contributed by atoms with Crippen molar-refractivity contribution in [1.29, 1.82) is 0 Å². The van der Waals surface area contributed by atoms with Crippen molar-refractivity contribution in [3.05, 3.63) is 62.1 Å². The molecule has 110 valence electrons. The predicted octanol–water partition coefficient (Wildman–Crippen LogP) is 3.86. The van der Waals surface area contributed by atoms with Gasteiger partial charge in [-0.05, 0) is 6.07 Å². The molecule has 0 amide bonds. The van der Waals surface area contributed by atoms with E-state index < -0.39 is 9.85 Å². The van der Waals surface area contributed by atoms with Crippen LogP contribution in [-0.4, -0.2) is 14.8 Å². The Morgan fingerprint density at radius 3 is 2.32 bits per heavy atom. The van der Waals surface area contributed by atoms with E-state index in [1.807, 2.05) is 0 Å². The Hall–Kier alpha value is -3.07. The average molecular weight is 316 g/mol. The lowest BCUT2D eigenvalue weighted by atomic mass is 10.1. The van der Waals surface area contributed by atoms with Crippen LogP contribution in [-0.2, 0) is 0 Å². The third-order valence-corrected chi connectivity index (χ3v) is 3.75. The van der Waals surface area contributed by atoms with E-state index in [0.717, 1.165) is 6.07 Å². The summed E-state index contributed by atoms with van der Waals surface area (Å²) in [6.45, 7) is 0. The zero-order valence-electron chi connectivity index (χ0n) is 10.9. The number of rotatable bonds is 4. The van der Waals surface area contributed by atoms with Gasteiger partial charge in [0.15, 0.2) is 5.13 Å². The van der Waals surface area contributed by atoms with Gasteiger partial charge in [-0.15, -0.1) is 11.3 Å². The molecule has 0 aliphatic carbocycles. The molecule has 0 saturated carbocycles. The topological polar surface area (TPSA) is 111 Å². The maximum Gasteiger partial charge on any atom is 0.300 e. The van der Waals surface area contributed by atoms with Crippen LogP contribution in [0.4, 0.5) is 22.2 Å². The van der Waals surface area contributed by atoms with Crippen molar-refractivity contribution >= 4 is 44.3 Å². The van der Waals surface area contributed by atoms with Crippen LogP contribution in [0.3, 0.4) is 0 Å². The van der Waals surface area contributed by atoms with Crippen molar-refractivity contribution in [3.8, 4) is 0 Å². The van der Waals surface area contributed by atoms with E-state index in [4.69, 9.17) is 0 Å². The minimum atomic E-state index is -0.643. The lowest BCUT2D eigenvalue weighted by molar-refractivity contribution is -0.392. The number of fused-ring (bicyclic) bond motifs is 1. The van der Waals surface area contributed by atoms with E-state index in [0.29, 0.717) is 15.9 Å². The van der Waals surface area contributed by atoms with Gasteiger partial charge in [0, 0.05) is 17.0 Å². The van der Waals surface area contributed by atoms with Gasteiger partial charge in [-0.2, -0.15) is 0 Å². The number of nitro groups is 2. The number of benzene rings is 2. The normalized spacial score (nSPS) is 10.5. The molecule has 0 atom stereocenters. The van der Waals surface area contributed by atoms with Crippen LogP contribution in [0.25, 0.3) is 10.8 Å². The molecule has 1 aromatic heterocycles. The van der Waals surface area contributed by atoms with E-state index in [1.165, 1.54) is 11.3 Å². The number of hydrogen-bond donors (Lipinski definition) is 1. The van der Waals surface area contributed by atoms with Gasteiger partial charge in [-0.25, -0.2) is 4.98 Å². The number of thiazole rings is 1. The summed E-state index contributed by atoms with van der Waals surface area (Å²) in [7, 11) is 0. The molecule has 0 saturated heterocycles. The Morgan fingerprint density at radius 1 is 1.05 bits per heavy atom. The van der Waals surface area contributed by atoms with Crippen molar-refractivity contribution in [2.24, 2.45) is 0 Å². The molecular formula is C13H8N4O4S. The summed E-state index contributed by atoms with van der Waals surface area (Å²) in [5.74, 6) is 0. The molecule has 0 unspecified atom stereocenters.